The van der Waals surface area contributed by atoms with Gasteiger partial charge in [-0.25, -0.2) is 0 Å². The molecule has 0 heterocycles. The fourth-order valence-electron chi connectivity index (χ4n) is 9.00. The van der Waals surface area contributed by atoms with E-state index < -0.39 is 20.0 Å². The number of allylic oxidation sites excluding steroid dienone is 3. The second-order valence-corrected chi connectivity index (χ2v) is 23.1. The second-order valence-electron chi connectivity index (χ2n) is 21.7. The molecule has 2 N–H and O–H groups in total. The van der Waals surface area contributed by atoms with Crippen LogP contribution in [0.3, 0.4) is 0 Å². The molecule has 9 heteroatoms. The number of nitrogens with zero attached hydrogens (tertiary/aromatic N) is 1. The van der Waals surface area contributed by atoms with Gasteiger partial charge in [0.15, 0.2) is 0 Å². The van der Waals surface area contributed by atoms with Crippen LogP contribution < -0.4 is 10.2 Å². The lowest BCUT2D eigenvalue weighted by Gasteiger charge is -2.29. The zero-order chi connectivity index (χ0) is 49.9. The molecule has 0 aromatic heterocycles. The van der Waals surface area contributed by atoms with Gasteiger partial charge < -0.3 is 28.8 Å². The molecule has 0 fully saturated rings. The molecule has 0 bridgehead atoms. The number of hydrogen-bond donors (Lipinski definition) is 2. The number of amides is 1. The SMILES string of the molecule is CCCCCCCCCCCCCCCCCCCCCCCCCCC/C=C/CC/C=C/C(O)C(COP(=O)([O-])OCC[N+](C)(C)C)NC(=O)CCCCCCCCCCCCCCCCC. The lowest BCUT2D eigenvalue weighted by molar-refractivity contribution is -0.870. The lowest BCUT2D eigenvalue weighted by Crippen LogP contribution is -2.45. The number of phosphoric acid groups is 1. The topological polar surface area (TPSA) is 108 Å². The highest BCUT2D eigenvalue weighted by molar-refractivity contribution is 7.45. The second kappa shape index (κ2) is 50.9. The van der Waals surface area contributed by atoms with E-state index in [1.54, 1.807) is 6.08 Å². The van der Waals surface area contributed by atoms with Gasteiger partial charge in [-0.1, -0.05) is 282 Å². The third-order valence-electron chi connectivity index (χ3n) is 13.7. The minimum Gasteiger partial charge on any atom is -0.756 e. The quantitative estimate of drug-likeness (QED) is 0.0272. The minimum absolute atomic E-state index is 0.00381. The van der Waals surface area contributed by atoms with Crippen molar-refractivity contribution in [1.82, 2.24) is 5.32 Å². The first-order valence-electron chi connectivity index (χ1n) is 29.7. The maximum absolute atomic E-state index is 12.9. The van der Waals surface area contributed by atoms with E-state index >= 15 is 0 Å². The molecule has 0 aromatic carbocycles. The number of likely N-dealkylation sites (N-methyl/N-ethyl adjacent to an activating group) is 1. The first-order valence-corrected chi connectivity index (χ1v) is 31.2. The normalized spacial score (nSPS) is 14.0. The van der Waals surface area contributed by atoms with Gasteiger partial charge in [0, 0.05) is 6.42 Å². The summed E-state index contributed by atoms with van der Waals surface area (Å²) in [6.07, 6.45) is 64.2. The van der Waals surface area contributed by atoms with E-state index in [9.17, 15) is 19.4 Å². The molecule has 8 nitrogen and oxygen atoms in total. The van der Waals surface area contributed by atoms with E-state index in [1.807, 2.05) is 27.2 Å². The zero-order valence-corrected chi connectivity index (χ0v) is 47.0. The van der Waals surface area contributed by atoms with Crippen molar-refractivity contribution in [3.8, 4) is 0 Å². The first-order chi connectivity index (χ1) is 33.0. The number of unbranched alkanes of at least 4 members (excludes halogenated alkanes) is 40. The lowest BCUT2D eigenvalue weighted by atomic mass is 10.0. The molecule has 3 unspecified atom stereocenters. The van der Waals surface area contributed by atoms with Crippen molar-refractivity contribution in [2.24, 2.45) is 0 Å². The summed E-state index contributed by atoms with van der Waals surface area (Å²) in [5, 5.41) is 13.9. The number of carbonyl (C=O) groups excluding carboxylic acids is 1. The summed E-state index contributed by atoms with van der Waals surface area (Å²) in [4.78, 5) is 25.4. The fourth-order valence-corrected chi connectivity index (χ4v) is 9.72. The standard InChI is InChI=1S/C59H117N2O6P/c1-6-8-10-12-14-16-18-20-22-23-24-25-26-27-28-29-30-31-32-33-34-35-36-37-39-40-42-44-46-48-50-52-58(62)57(56-67-68(64,65)66-55-54-61(3,4)5)60-59(63)53-51-49-47-45-43-41-38-21-19-17-15-13-11-9-7-2/h42,44,50,52,57-58,62H,6-41,43,45-49,51,53-56H2,1-5H3,(H-,60,63,64,65)/b44-42+,52-50+. The summed E-state index contributed by atoms with van der Waals surface area (Å²) < 4.78 is 23.3. The van der Waals surface area contributed by atoms with Crippen molar-refractivity contribution in [3.63, 3.8) is 0 Å². The number of rotatable bonds is 55. The smallest absolute Gasteiger partial charge is 0.268 e. The molecule has 0 radical (unpaired) electrons. The number of phosphoric ester groups is 1. The number of quaternary nitrogens is 1. The van der Waals surface area contributed by atoms with Gasteiger partial charge in [0.05, 0.1) is 39.9 Å². The predicted octanol–water partition coefficient (Wildman–Crippen LogP) is 17.4. The highest BCUT2D eigenvalue weighted by Crippen LogP contribution is 2.38. The van der Waals surface area contributed by atoms with Gasteiger partial charge in [0.1, 0.15) is 13.2 Å². The Bertz CT molecular complexity index is 1160. The van der Waals surface area contributed by atoms with E-state index in [0.717, 1.165) is 38.5 Å². The largest absolute Gasteiger partial charge is 0.756 e. The number of aliphatic hydroxyl groups is 1. The van der Waals surface area contributed by atoms with E-state index in [-0.39, 0.29) is 19.1 Å². The number of carbonyl (C=O) groups is 1. The van der Waals surface area contributed by atoms with Crippen LogP contribution in [0.4, 0.5) is 0 Å². The maximum Gasteiger partial charge on any atom is 0.268 e. The third kappa shape index (κ3) is 52.8. The van der Waals surface area contributed by atoms with E-state index in [0.29, 0.717) is 17.4 Å². The summed E-state index contributed by atoms with van der Waals surface area (Å²) in [7, 11) is 1.26. The number of aliphatic hydroxyl groups excluding tert-OH is 1. The van der Waals surface area contributed by atoms with Crippen molar-refractivity contribution in [2.45, 2.75) is 309 Å². The summed E-state index contributed by atoms with van der Waals surface area (Å²) in [6.45, 7) is 4.67. The highest BCUT2D eigenvalue weighted by atomic mass is 31.2. The molecule has 0 aromatic rings. The van der Waals surface area contributed by atoms with Crippen LogP contribution in [-0.4, -0.2) is 68.5 Å². The Morgan fingerprint density at radius 2 is 0.824 bits per heavy atom. The van der Waals surface area contributed by atoms with Crippen LogP contribution in [-0.2, 0) is 18.4 Å². The summed E-state index contributed by atoms with van der Waals surface area (Å²) in [5.41, 5.74) is 0. The molecule has 68 heavy (non-hydrogen) atoms. The Morgan fingerprint density at radius 3 is 1.19 bits per heavy atom. The number of hydrogen-bond acceptors (Lipinski definition) is 6. The number of nitrogens with one attached hydrogen (secondary N) is 1. The van der Waals surface area contributed by atoms with Crippen LogP contribution in [0.1, 0.15) is 296 Å². The Labute approximate surface area is 424 Å². The molecule has 0 aliphatic rings. The van der Waals surface area contributed by atoms with Crippen LogP contribution in [0.2, 0.25) is 0 Å². The van der Waals surface area contributed by atoms with Crippen molar-refractivity contribution in [3.05, 3.63) is 24.3 Å². The zero-order valence-electron chi connectivity index (χ0n) is 46.1. The molecule has 0 aliphatic carbocycles. The summed E-state index contributed by atoms with van der Waals surface area (Å²) in [6, 6.07) is -0.900. The first kappa shape index (κ1) is 67.0. The summed E-state index contributed by atoms with van der Waals surface area (Å²) >= 11 is 0. The monoisotopic (exact) mass is 981 g/mol. The van der Waals surface area contributed by atoms with Crippen LogP contribution in [0.5, 0.6) is 0 Å². The van der Waals surface area contributed by atoms with Gasteiger partial charge in [-0.3, -0.25) is 9.36 Å². The molecule has 0 rings (SSSR count). The molecule has 1 amide bonds. The average molecular weight is 982 g/mol. The Morgan fingerprint density at radius 1 is 0.500 bits per heavy atom. The minimum atomic E-state index is -4.60. The third-order valence-corrected chi connectivity index (χ3v) is 14.6. The van der Waals surface area contributed by atoms with Crippen LogP contribution in [0.25, 0.3) is 0 Å². The average Bonchev–Trinajstić information content (AvgIpc) is 3.30. The van der Waals surface area contributed by atoms with Crippen LogP contribution in [0.15, 0.2) is 24.3 Å². The molecular weight excluding hydrogens is 864 g/mol. The molecule has 3 atom stereocenters. The van der Waals surface area contributed by atoms with Gasteiger partial charge in [-0.05, 0) is 32.1 Å². The van der Waals surface area contributed by atoms with Gasteiger partial charge in [0.25, 0.3) is 7.82 Å². The van der Waals surface area contributed by atoms with E-state index in [4.69, 9.17) is 9.05 Å². The van der Waals surface area contributed by atoms with Crippen molar-refractivity contribution in [2.75, 3.05) is 40.9 Å². The molecule has 0 saturated carbocycles. The van der Waals surface area contributed by atoms with Crippen LogP contribution in [0, 0.1) is 0 Å². The van der Waals surface area contributed by atoms with Gasteiger partial charge >= 0.3 is 0 Å². The highest BCUT2D eigenvalue weighted by Gasteiger charge is 2.23. The van der Waals surface area contributed by atoms with E-state index in [1.165, 1.54) is 238 Å². The van der Waals surface area contributed by atoms with Crippen LogP contribution >= 0.6 is 7.82 Å². The molecule has 0 spiro atoms. The molecule has 0 aliphatic heterocycles. The molecular formula is C59H117N2O6P. The Kier molecular flexibility index (Phi) is 50.1. The Balaban J connectivity index is 4.12. The predicted molar refractivity (Wildman–Crippen MR) is 293 cm³/mol. The molecule has 0 saturated heterocycles. The van der Waals surface area contributed by atoms with Gasteiger partial charge in [-0.15, -0.1) is 0 Å². The van der Waals surface area contributed by atoms with Crippen molar-refractivity contribution < 1.29 is 32.9 Å². The fraction of sp³-hybridized carbons (Fsp3) is 0.915. The Hall–Kier alpha value is -1.02. The van der Waals surface area contributed by atoms with Crippen molar-refractivity contribution >= 4 is 13.7 Å². The van der Waals surface area contributed by atoms with Gasteiger partial charge in [0.2, 0.25) is 5.91 Å². The maximum atomic E-state index is 12.9. The summed E-state index contributed by atoms with van der Waals surface area (Å²) in [5.74, 6) is -0.203. The van der Waals surface area contributed by atoms with E-state index in [2.05, 4.69) is 31.3 Å². The van der Waals surface area contributed by atoms with Crippen molar-refractivity contribution in [1.29, 1.82) is 0 Å². The van der Waals surface area contributed by atoms with Gasteiger partial charge in [-0.2, -0.15) is 0 Å². The molecule has 404 valence electrons.